The van der Waals surface area contributed by atoms with Crippen LogP contribution in [-0.4, -0.2) is 29.7 Å². The van der Waals surface area contributed by atoms with E-state index >= 15 is 0 Å². The number of aliphatic hydroxyl groups excluding tert-OH is 1. The van der Waals surface area contributed by atoms with Crippen LogP contribution in [0.3, 0.4) is 0 Å². The summed E-state index contributed by atoms with van der Waals surface area (Å²) in [5.74, 6) is 0.298. The van der Waals surface area contributed by atoms with Crippen molar-refractivity contribution in [1.82, 2.24) is 5.32 Å². The molecule has 1 aliphatic carbocycles. The fraction of sp³-hybridized carbons (Fsp3) is 0.562. The van der Waals surface area contributed by atoms with Gasteiger partial charge in [0.2, 0.25) is 5.91 Å². The lowest BCUT2D eigenvalue weighted by Gasteiger charge is -2.28. The predicted molar refractivity (Wildman–Crippen MR) is 78.7 cm³/mol. The molecule has 0 bridgehead atoms. The van der Waals surface area contributed by atoms with E-state index in [0.717, 1.165) is 37.9 Å². The Balaban J connectivity index is 1.57. The Morgan fingerprint density at radius 2 is 2.10 bits per heavy atom. The van der Waals surface area contributed by atoms with E-state index in [0.29, 0.717) is 6.42 Å². The summed E-state index contributed by atoms with van der Waals surface area (Å²) < 4.78 is 0. The fourth-order valence-corrected chi connectivity index (χ4v) is 3.31. The largest absolute Gasteiger partial charge is 0.391 e. The zero-order valence-corrected chi connectivity index (χ0v) is 11.6. The molecule has 0 radical (unpaired) electrons. The summed E-state index contributed by atoms with van der Waals surface area (Å²) in [5, 5.41) is 16.3. The van der Waals surface area contributed by atoms with Gasteiger partial charge in [0.05, 0.1) is 12.1 Å². The molecule has 108 valence electrons. The zero-order valence-electron chi connectivity index (χ0n) is 11.6. The average Bonchev–Trinajstić information content (AvgIpc) is 2.85. The van der Waals surface area contributed by atoms with Crippen LogP contribution in [0.15, 0.2) is 24.3 Å². The Bertz CT molecular complexity index is 489. The molecule has 1 aliphatic heterocycles. The van der Waals surface area contributed by atoms with E-state index in [1.165, 1.54) is 5.56 Å². The number of hydrogen-bond donors (Lipinski definition) is 3. The van der Waals surface area contributed by atoms with Gasteiger partial charge in [-0.3, -0.25) is 4.79 Å². The first-order valence-electron chi connectivity index (χ1n) is 7.54. The number of benzene rings is 1. The SMILES string of the molecule is O=C(CC1CNc2ccccc21)N[C@H]1CCCC[C@@H]1O. The number of carbonyl (C=O) groups excluding carboxylic acids is 1. The number of aliphatic hydroxyl groups is 1. The molecule has 1 unspecified atom stereocenters. The molecule has 1 saturated carbocycles. The van der Waals surface area contributed by atoms with Crippen molar-refractivity contribution in [3.05, 3.63) is 29.8 Å². The molecule has 1 aromatic carbocycles. The predicted octanol–water partition coefficient (Wildman–Crippen LogP) is 2.01. The second-order valence-electron chi connectivity index (χ2n) is 5.90. The third kappa shape index (κ3) is 2.80. The van der Waals surface area contributed by atoms with Crippen molar-refractivity contribution in [2.24, 2.45) is 0 Å². The number of nitrogens with one attached hydrogen (secondary N) is 2. The molecule has 4 heteroatoms. The molecule has 4 nitrogen and oxygen atoms in total. The molecule has 1 aromatic rings. The van der Waals surface area contributed by atoms with Gasteiger partial charge in [-0.05, 0) is 24.5 Å². The van der Waals surface area contributed by atoms with Gasteiger partial charge in [-0.25, -0.2) is 0 Å². The highest BCUT2D eigenvalue weighted by molar-refractivity contribution is 5.78. The Morgan fingerprint density at radius 1 is 1.30 bits per heavy atom. The van der Waals surface area contributed by atoms with Crippen molar-refractivity contribution in [2.45, 2.75) is 50.2 Å². The van der Waals surface area contributed by atoms with Crippen molar-refractivity contribution in [2.75, 3.05) is 11.9 Å². The fourth-order valence-electron chi connectivity index (χ4n) is 3.31. The molecule has 3 atom stereocenters. The molecule has 1 heterocycles. The quantitative estimate of drug-likeness (QED) is 0.790. The molecule has 1 amide bonds. The summed E-state index contributed by atoms with van der Waals surface area (Å²) in [5.41, 5.74) is 2.37. The van der Waals surface area contributed by atoms with Crippen molar-refractivity contribution in [1.29, 1.82) is 0 Å². The first-order chi connectivity index (χ1) is 9.74. The van der Waals surface area contributed by atoms with E-state index < -0.39 is 0 Å². The maximum absolute atomic E-state index is 12.2. The number of rotatable bonds is 3. The molecule has 0 saturated heterocycles. The Hall–Kier alpha value is -1.55. The van der Waals surface area contributed by atoms with E-state index in [1.807, 2.05) is 12.1 Å². The van der Waals surface area contributed by atoms with Crippen molar-refractivity contribution < 1.29 is 9.90 Å². The molecule has 20 heavy (non-hydrogen) atoms. The number of para-hydroxylation sites is 1. The Labute approximate surface area is 119 Å². The third-order valence-electron chi connectivity index (χ3n) is 4.45. The number of fused-ring (bicyclic) bond motifs is 1. The first-order valence-corrected chi connectivity index (χ1v) is 7.54. The van der Waals surface area contributed by atoms with Gasteiger partial charge in [0.15, 0.2) is 0 Å². The smallest absolute Gasteiger partial charge is 0.220 e. The van der Waals surface area contributed by atoms with Crippen molar-refractivity contribution in [3.63, 3.8) is 0 Å². The summed E-state index contributed by atoms with van der Waals surface area (Å²) in [7, 11) is 0. The van der Waals surface area contributed by atoms with Gasteiger partial charge in [-0.15, -0.1) is 0 Å². The summed E-state index contributed by atoms with van der Waals surface area (Å²) in [6.45, 7) is 0.819. The molecule has 1 fully saturated rings. The maximum Gasteiger partial charge on any atom is 0.220 e. The van der Waals surface area contributed by atoms with E-state index in [1.54, 1.807) is 0 Å². The topological polar surface area (TPSA) is 61.4 Å². The lowest BCUT2D eigenvalue weighted by atomic mass is 9.92. The minimum absolute atomic E-state index is 0.0548. The minimum atomic E-state index is -0.373. The van der Waals surface area contributed by atoms with E-state index in [9.17, 15) is 9.90 Å². The second-order valence-corrected chi connectivity index (χ2v) is 5.90. The summed E-state index contributed by atoms with van der Waals surface area (Å²) in [4.78, 5) is 12.2. The lowest BCUT2D eigenvalue weighted by molar-refractivity contribution is -0.123. The molecule has 0 spiro atoms. The molecule has 3 rings (SSSR count). The molecule has 0 aromatic heterocycles. The van der Waals surface area contributed by atoms with Crippen LogP contribution >= 0.6 is 0 Å². The average molecular weight is 274 g/mol. The van der Waals surface area contributed by atoms with Crippen LogP contribution in [0, 0.1) is 0 Å². The molecular formula is C16H22N2O2. The van der Waals surface area contributed by atoms with Gasteiger partial charge in [0, 0.05) is 24.6 Å². The zero-order chi connectivity index (χ0) is 13.9. The van der Waals surface area contributed by atoms with Gasteiger partial charge < -0.3 is 15.7 Å². The first kappa shape index (κ1) is 13.4. The van der Waals surface area contributed by atoms with E-state index in [4.69, 9.17) is 0 Å². The summed E-state index contributed by atoms with van der Waals surface area (Å²) in [6.07, 6.45) is 3.98. The highest BCUT2D eigenvalue weighted by Crippen LogP contribution is 2.33. The van der Waals surface area contributed by atoms with Crippen LogP contribution < -0.4 is 10.6 Å². The molecule has 3 N–H and O–H groups in total. The molecule has 2 aliphatic rings. The van der Waals surface area contributed by atoms with Gasteiger partial charge in [0.1, 0.15) is 0 Å². The highest BCUT2D eigenvalue weighted by Gasteiger charge is 2.28. The third-order valence-corrected chi connectivity index (χ3v) is 4.45. The van der Waals surface area contributed by atoms with E-state index in [2.05, 4.69) is 22.8 Å². The van der Waals surface area contributed by atoms with Gasteiger partial charge in [-0.1, -0.05) is 31.0 Å². The lowest BCUT2D eigenvalue weighted by Crippen LogP contribution is -2.45. The number of anilines is 1. The number of amides is 1. The van der Waals surface area contributed by atoms with Gasteiger partial charge in [0.25, 0.3) is 0 Å². The minimum Gasteiger partial charge on any atom is -0.391 e. The normalized spacial score (nSPS) is 28.6. The van der Waals surface area contributed by atoms with Crippen LogP contribution in [0.5, 0.6) is 0 Å². The van der Waals surface area contributed by atoms with Crippen LogP contribution in [-0.2, 0) is 4.79 Å². The highest BCUT2D eigenvalue weighted by atomic mass is 16.3. The Kier molecular flexibility index (Phi) is 3.92. The van der Waals surface area contributed by atoms with Gasteiger partial charge in [-0.2, -0.15) is 0 Å². The van der Waals surface area contributed by atoms with Gasteiger partial charge >= 0.3 is 0 Å². The van der Waals surface area contributed by atoms with Crippen molar-refractivity contribution >= 4 is 11.6 Å². The van der Waals surface area contributed by atoms with Crippen LogP contribution in [0.25, 0.3) is 0 Å². The number of carbonyl (C=O) groups is 1. The Morgan fingerprint density at radius 3 is 2.95 bits per heavy atom. The monoisotopic (exact) mass is 274 g/mol. The van der Waals surface area contributed by atoms with Crippen LogP contribution in [0.4, 0.5) is 5.69 Å². The molecular weight excluding hydrogens is 252 g/mol. The van der Waals surface area contributed by atoms with Crippen molar-refractivity contribution in [3.8, 4) is 0 Å². The summed E-state index contributed by atoms with van der Waals surface area (Å²) >= 11 is 0. The number of hydrogen-bond acceptors (Lipinski definition) is 3. The van der Waals surface area contributed by atoms with E-state index in [-0.39, 0.29) is 24.0 Å². The standard InChI is InChI=1S/C16H22N2O2/c19-15-8-4-3-7-14(15)18-16(20)9-11-10-17-13-6-2-1-5-12(11)13/h1-2,5-6,11,14-15,17,19H,3-4,7-10H2,(H,18,20)/t11?,14-,15-/m0/s1. The summed E-state index contributed by atoms with van der Waals surface area (Å²) in [6, 6.07) is 8.11. The second kappa shape index (κ2) is 5.83. The van der Waals surface area contributed by atoms with Crippen LogP contribution in [0.1, 0.15) is 43.6 Å². The maximum atomic E-state index is 12.2. The van der Waals surface area contributed by atoms with Crippen LogP contribution in [0.2, 0.25) is 0 Å².